The summed E-state index contributed by atoms with van der Waals surface area (Å²) in [6.07, 6.45) is 0.763. The molecule has 9 nitrogen and oxygen atoms in total. The highest BCUT2D eigenvalue weighted by Gasteiger charge is 2.28. The fraction of sp³-hybridized carbons (Fsp3) is 0.192. The fourth-order valence-corrected chi connectivity index (χ4v) is 4.88. The first-order valence-corrected chi connectivity index (χ1v) is 12.4. The lowest BCUT2D eigenvalue weighted by molar-refractivity contribution is -0.114. The van der Waals surface area contributed by atoms with Crippen molar-refractivity contribution in [3.63, 3.8) is 0 Å². The van der Waals surface area contributed by atoms with Crippen LogP contribution in [0.4, 0.5) is 11.4 Å². The van der Waals surface area contributed by atoms with Crippen molar-refractivity contribution in [1.29, 1.82) is 0 Å². The van der Waals surface area contributed by atoms with Crippen LogP contribution in [0.5, 0.6) is 0 Å². The van der Waals surface area contributed by atoms with Gasteiger partial charge in [-0.05, 0) is 54.4 Å². The second-order valence-corrected chi connectivity index (χ2v) is 9.50. The van der Waals surface area contributed by atoms with E-state index in [1.165, 1.54) is 44.6 Å². The van der Waals surface area contributed by atoms with Crippen molar-refractivity contribution in [1.82, 2.24) is 0 Å². The molecule has 0 spiro atoms. The van der Waals surface area contributed by atoms with Gasteiger partial charge in [0.05, 0.1) is 41.6 Å². The number of sulfonamides is 1. The lowest BCUT2D eigenvalue weighted by atomic mass is 10.1. The normalized spacial score (nSPS) is 10.9. The third-order valence-electron chi connectivity index (χ3n) is 5.37. The van der Waals surface area contributed by atoms with E-state index in [9.17, 15) is 22.8 Å². The lowest BCUT2D eigenvalue weighted by Gasteiger charge is -2.24. The molecule has 0 aromatic heterocycles. The molecule has 0 saturated heterocycles. The first kappa shape index (κ1) is 26.4. The zero-order valence-corrected chi connectivity index (χ0v) is 20.9. The van der Waals surface area contributed by atoms with Gasteiger partial charge in [0.1, 0.15) is 6.54 Å². The van der Waals surface area contributed by atoms with E-state index in [0.717, 1.165) is 16.3 Å². The van der Waals surface area contributed by atoms with Gasteiger partial charge in [-0.25, -0.2) is 18.0 Å². The molecule has 3 rings (SSSR count). The number of hydrogen-bond acceptors (Lipinski definition) is 7. The summed E-state index contributed by atoms with van der Waals surface area (Å²) >= 11 is 0. The number of ether oxygens (including phenoxy) is 2. The van der Waals surface area contributed by atoms with E-state index in [2.05, 4.69) is 5.32 Å². The number of benzene rings is 3. The quantitative estimate of drug-likeness (QED) is 0.436. The van der Waals surface area contributed by atoms with Crippen LogP contribution in [0.25, 0.3) is 0 Å². The number of hydrogen-bond donors (Lipinski definition) is 1. The predicted molar refractivity (Wildman–Crippen MR) is 135 cm³/mol. The average Bonchev–Trinajstić information content (AvgIpc) is 2.91. The summed E-state index contributed by atoms with van der Waals surface area (Å²) in [6, 6.07) is 18.5. The molecule has 1 amide bonds. The zero-order valence-electron chi connectivity index (χ0n) is 20.1. The summed E-state index contributed by atoms with van der Waals surface area (Å²) in [4.78, 5) is 37.3. The van der Waals surface area contributed by atoms with Crippen LogP contribution in [0.1, 0.15) is 33.2 Å². The molecule has 0 fully saturated rings. The smallest absolute Gasteiger partial charge is 0.339 e. The summed E-state index contributed by atoms with van der Waals surface area (Å²) in [6.45, 7) is 1.38. The summed E-state index contributed by atoms with van der Waals surface area (Å²) < 4.78 is 37.4. The third-order valence-corrected chi connectivity index (χ3v) is 7.16. The van der Waals surface area contributed by atoms with Gasteiger partial charge in [-0.15, -0.1) is 0 Å². The minimum atomic E-state index is -4.11. The van der Waals surface area contributed by atoms with E-state index >= 15 is 0 Å². The Bertz CT molecular complexity index is 1350. The Morgan fingerprint density at radius 3 is 2.08 bits per heavy atom. The summed E-state index contributed by atoms with van der Waals surface area (Å²) in [5, 5.41) is 2.54. The monoisotopic (exact) mass is 510 g/mol. The van der Waals surface area contributed by atoms with Gasteiger partial charge in [0, 0.05) is 0 Å². The van der Waals surface area contributed by atoms with Crippen LogP contribution in [-0.2, 0) is 30.7 Å². The highest BCUT2D eigenvalue weighted by molar-refractivity contribution is 7.92. The maximum atomic E-state index is 13.5. The molecular weight excluding hydrogens is 484 g/mol. The number of nitrogens with one attached hydrogen (secondary N) is 1. The molecule has 0 saturated carbocycles. The predicted octanol–water partition coefficient (Wildman–Crippen LogP) is 3.66. The molecule has 188 valence electrons. The van der Waals surface area contributed by atoms with Crippen LogP contribution < -0.4 is 9.62 Å². The number of carbonyl (C=O) groups excluding carboxylic acids is 3. The Hall–Kier alpha value is -4.18. The summed E-state index contributed by atoms with van der Waals surface area (Å²) in [7, 11) is -1.73. The van der Waals surface area contributed by atoms with Crippen molar-refractivity contribution >= 4 is 39.2 Å². The maximum absolute atomic E-state index is 13.5. The van der Waals surface area contributed by atoms with Crippen LogP contribution in [0.3, 0.4) is 0 Å². The van der Waals surface area contributed by atoms with Crippen molar-refractivity contribution < 1.29 is 32.3 Å². The number of carbonyl (C=O) groups is 3. The van der Waals surface area contributed by atoms with E-state index < -0.39 is 34.4 Å². The van der Waals surface area contributed by atoms with Crippen LogP contribution in [0.2, 0.25) is 0 Å². The minimum absolute atomic E-state index is 0.0109. The molecule has 0 heterocycles. The Morgan fingerprint density at radius 2 is 1.50 bits per heavy atom. The van der Waals surface area contributed by atoms with Gasteiger partial charge < -0.3 is 14.8 Å². The highest BCUT2D eigenvalue weighted by atomic mass is 32.2. The van der Waals surface area contributed by atoms with E-state index in [1.54, 1.807) is 42.5 Å². The molecule has 0 aliphatic rings. The van der Waals surface area contributed by atoms with Gasteiger partial charge in [0.2, 0.25) is 5.91 Å². The number of amides is 1. The highest BCUT2D eigenvalue weighted by Crippen LogP contribution is 2.25. The second-order valence-electron chi connectivity index (χ2n) is 7.64. The number of nitrogens with zero attached hydrogens (tertiary/aromatic N) is 1. The van der Waals surface area contributed by atoms with Crippen molar-refractivity contribution in [3.05, 3.63) is 89.5 Å². The zero-order chi connectivity index (χ0) is 26.3. The molecule has 1 N–H and O–H groups in total. The van der Waals surface area contributed by atoms with Gasteiger partial charge in [0.15, 0.2) is 0 Å². The van der Waals surface area contributed by atoms with Crippen molar-refractivity contribution in [2.45, 2.75) is 18.2 Å². The number of rotatable bonds is 9. The van der Waals surface area contributed by atoms with Gasteiger partial charge in [0.25, 0.3) is 10.0 Å². The summed E-state index contributed by atoms with van der Waals surface area (Å²) in [5.74, 6) is -2.15. The Morgan fingerprint density at radius 1 is 0.861 bits per heavy atom. The lowest BCUT2D eigenvalue weighted by Crippen LogP contribution is -2.38. The Kier molecular flexibility index (Phi) is 8.44. The SMILES string of the molecule is CCc1ccc(N(CC(=O)Nc2cc(C(=O)OC)ccc2C(=O)OC)S(=O)(=O)c2ccccc2)cc1. The fourth-order valence-electron chi connectivity index (χ4n) is 3.43. The Balaban J connectivity index is 1.99. The summed E-state index contributed by atoms with van der Waals surface area (Å²) in [5.41, 5.74) is 1.35. The van der Waals surface area contributed by atoms with E-state index in [0.29, 0.717) is 5.69 Å². The van der Waals surface area contributed by atoms with Gasteiger partial charge in [-0.1, -0.05) is 37.3 Å². The first-order valence-electron chi connectivity index (χ1n) is 11.0. The number of esters is 2. The van der Waals surface area contributed by atoms with Gasteiger partial charge in [-0.2, -0.15) is 0 Å². The molecule has 0 bridgehead atoms. The standard InChI is InChI=1S/C26H26N2O7S/c1-4-18-10-13-20(14-11-18)28(36(32,33)21-8-6-5-7-9-21)17-24(29)27-23-16-19(25(30)34-2)12-15-22(23)26(31)35-3/h5-16H,4,17H2,1-3H3,(H,27,29). The van der Waals surface area contributed by atoms with Crippen LogP contribution in [0.15, 0.2) is 77.7 Å². The molecule has 10 heteroatoms. The van der Waals surface area contributed by atoms with E-state index in [-0.39, 0.29) is 21.7 Å². The van der Waals surface area contributed by atoms with Crippen molar-refractivity contribution in [2.24, 2.45) is 0 Å². The molecule has 0 unspecified atom stereocenters. The number of anilines is 2. The molecule has 36 heavy (non-hydrogen) atoms. The molecule has 3 aromatic rings. The average molecular weight is 511 g/mol. The molecular formula is C26H26N2O7S. The van der Waals surface area contributed by atoms with Gasteiger partial charge in [-0.3, -0.25) is 9.10 Å². The van der Waals surface area contributed by atoms with E-state index in [1.807, 2.05) is 6.92 Å². The van der Waals surface area contributed by atoms with Crippen LogP contribution in [-0.4, -0.2) is 47.0 Å². The molecule has 0 radical (unpaired) electrons. The first-order chi connectivity index (χ1) is 17.2. The molecule has 0 aliphatic heterocycles. The topological polar surface area (TPSA) is 119 Å². The van der Waals surface area contributed by atoms with Gasteiger partial charge >= 0.3 is 11.9 Å². The third kappa shape index (κ3) is 5.89. The number of methoxy groups -OCH3 is 2. The van der Waals surface area contributed by atoms with Crippen molar-refractivity contribution in [2.75, 3.05) is 30.4 Å². The Labute approximate surface area is 209 Å². The molecule has 3 aromatic carbocycles. The maximum Gasteiger partial charge on any atom is 0.339 e. The van der Waals surface area contributed by atoms with E-state index in [4.69, 9.17) is 9.47 Å². The second kappa shape index (κ2) is 11.5. The minimum Gasteiger partial charge on any atom is -0.465 e. The molecule has 0 aliphatic carbocycles. The molecule has 0 atom stereocenters. The largest absolute Gasteiger partial charge is 0.465 e. The van der Waals surface area contributed by atoms with Crippen LogP contribution >= 0.6 is 0 Å². The van der Waals surface area contributed by atoms with Crippen molar-refractivity contribution in [3.8, 4) is 0 Å². The number of aryl methyl sites for hydroxylation is 1. The van der Waals surface area contributed by atoms with Crippen LogP contribution in [0, 0.1) is 0 Å².